The quantitative estimate of drug-likeness (QED) is 0.301. The maximum atomic E-state index is 13.6. The number of likely N-dealkylation sites (N-methyl/N-ethyl adjacent to an activating group) is 1. The smallest absolute Gasteiger partial charge is 0.354 e. The van der Waals surface area contributed by atoms with Crippen LogP contribution in [-0.4, -0.2) is 40.0 Å². The van der Waals surface area contributed by atoms with E-state index in [0.29, 0.717) is 17.0 Å². The number of carbonyl (C=O) groups is 1. The predicted octanol–water partition coefficient (Wildman–Crippen LogP) is 3.84. The number of aromatic amines is 1. The summed E-state index contributed by atoms with van der Waals surface area (Å²) in [5, 5.41) is 17.5. The molecule has 0 fully saturated rings. The number of nitrogens with one attached hydrogen (secondary N) is 4. The van der Waals surface area contributed by atoms with Crippen LogP contribution in [0.15, 0.2) is 36.5 Å². The number of anilines is 1. The fourth-order valence-electron chi connectivity index (χ4n) is 2.63. The number of rotatable bonds is 3. The molecule has 0 aliphatic carbocycles. The van der Waals surface area contributed by atoms with Crippen molar-refractivity contribution in [3.63, 3.8) is 0 Å². The Hall–Kier alpha value is -3.76. The lowest BCUT2D eigenvalue weighted by Crippen LogP contribution is -2.35. The molecule has 2 heterocycles. The highest BCUT2D eigenvalue weighted by molar-refractivity contribution is 6.42. The Kier molecular flexibility index (Phi) is 5.06. The van der Waals surface area contributed by atoms with E-state index in [-0.39, 0.29) is 17.1 Å². The van der Waals surface area contributed by atoms with Gasteiger partial charge in [0.15, 0.2) is 5.84 Å². The van der Waals surface area contributed by atoms with E-state index in [0.717, 1.165) is 23.4 Å². The van der Waals surface area contributed by atoms with Crippen LogP contribution >= 0.6 is 0 Å². The van der Waals surface area contributed by atoms with Gasteiger partial charge in [-0.1, -0.05) is 0 Å². The SMILES string of the molecule is CN(C=N)C(=N)C(=O)Nc1cc2[nH]c(-c3cc(F)ccc3C(F)(F)F)cc2cn1. The Balaban J connectivity index is 1.97. The van der Waals surface area contributed by atoms with Gasteiger partial charge < -0.3 is 15.2 Å². The van der Waals surface area contributed by atoms with E-state index in [1.807, 2.05) is 0 Å². The van der Waals surface area contributed by atoms with Crippen LogP contribution in [0.1, 0.15) is 5.56 Å². The second-order valence-electron chi connectivity index (χ2n) is 6.07. The number of pyridine rings is 1. The summed E-state index contributed by atoms with van der Waals surface area (Å²) in [4.78, 5) is 19.7. The van der Waals surface area contributed by atoms with Crippen LogP contribution in [0.2, 0.25) is 0 Å². The molecular formula is C18H14F4N6O. The molecule has 1 aromatic carbocycles. The molecule has 0 saturated carbocycles. The first-order valence-corrected chi connectivity index (χ1v) is 8.09. The fraction of sp³-hybridized carbons (Fsp3) is 0.111. The molecule has 0 saturated heterocycles. The number of hydrogen-bond donors (Lipinski definition) is 4. The molecular weight excluding hydrogens is 392 g/mol. The average molecular weight is 406 g/mol. The number of aromatic nitrogens is 2. The highest BCUT2D eigenvalue weighted by Gasteiger charge is 2.34. The van der Waals surface area contributed by atoms with Crippen LogP contribution in [0.5, 0.6) is 0 Å². The Bertz CT molecular complexity index is 1120. The van der Waals surface area contributed by atoms with Gasteiger partial charge in [0, 0.05) is 36.0 Å². The number of amides is 1. The summed E-state index contributed by atoms with van der Waals surface area (Å²) >= 11 is 0. The third kappa shape index (κ3) is 4.08. The monoisotopic (exact) mass is 406 g/mol. The summed E-state index contributed by atoms with van der Waals surface area (Å²) in [6.45, 7) is 0. The van der Waals surface area contributed by atoms with Gasteiger partial charge in [0.05, 0.1) is 17.4 Å². The zero-order valence-electron chi connectivity index (χ0n) is 14.9. The molecule has 29 heavy (non-hydrogen) atoms. The number of benzene rings is 1. The molecule has 2 aromatic heterocycles. The van der Waals surface area contributed by atoms with Crippen molar-refractivity contribution in [1.29, 1.82) is 10.8 Å². The van der Waals surface area contributed by atoms with Gasteiger partial charge in [-0.2, -0.15) is 13.2 Å². The summed E-state index contributed by atoms with van der Waals surface area (Å²) in [5.41, 5.74) is -0.952. The Morgan fingerprint density at radius 1 is 1.28 bits per heavy atom. The highest BCUT2D eigenvalue weighted by atomic mass is 19.4. The van der Waals surface area contributed by atoms with Crippen molar-refractivity contribution in [2.45, 2.75) is 6.18 Å². The number of alkyl halides is 3. The lowest BCUT2D eigenvalue weighted by atomic mass is 10.0. The molecule has 0 unspecified atom stereocenters. The topological polar surface area (TPSA) is 109 Å². The predicted molar refractivity (Wildman–Crippen MR) is 99.4 cm³/mol. The number of halogens is 4. The summed E-state index contributed by atoms with van der Waals surface area (Å²) in [5.74, 6) is -2.08. The second-order valence-corrected chi connectivity index (χ2v) is 6.07. The normalized spacial score (nSPS) is 11.3. The molecule has 0 atom stereocenters. The van der Waals surface area contributed by atoms with Gasteiger partial charge >= 0.3 is 6.18 Å². The number of amidine groups is 1. The largest absolute Gasteiger partial charge is 0.417 e. The van der Waals surface area contributed by atoms with Crippen LogP contribution in [-0.2, 0) is 11.0 Å². The minimum Gasteiger partial charge on any atom is -0.354 e. The van der Waals surface area contributed by atoms with E-state index < -0.39 is 29.3 Å². The molecule has 1 amide bonds. The molecule has 0 radical (unpaired) electrons. The third-order valence-corrected chi connectivity index (χ3v) is 4.08. The standard InChI is InChI=1S/C18H14F4N6O/c1-28(8-23)16(24)17(29)27-15-6-13-9(7-25-15)4-14(26-13)11-5-10(19)2-3-12(11)18(20,21)22/h2-8,23-24,26H,1H3,(H,25,27,29). The minimum absolute atomic E-state index is 0.0355. The molecule has 150 valence electrons. The van der Waals surface area contributed by atoms with Gasteiger partial charge in [0.25, 0.3) is 5.91 Å². The van der Waals surface area contributed by atoms with E-state index in [1.54, 1.807) is 0 Å². The molecule has 0 bridgehead atoms. The van der Waals surface area contributed by atoms with E-state index in [2.05, 4.69) is 15.3 Å². The van der Waals surface area contributed by atoms with Crippen molar-refractivity contribution in [1.82, 2.24) is 14.9 Å². The second kappa shape index (κ2) is 7.34. The van der Waals surface area contributed by atoms with Crippen LogP contribution < -0.4 is 5.32 Å². The Labute approximate surface area is 161 Å². The number of hydrogen-bond acceptors (Lipinski definition) is 4. The zero-order chi connectivity index (χ0) is 21.3. The van der Waals surface area contributed by atoms with Crippen molar-refractivity contribution in [3.05, 3.63) is 47.9 Å². The minimum atomic E-state index is -4.67. The van der Waals surface area contributed by atoms with E-state index in [9.17, 15) is 22.4 Å². The summed E-state index contributed by atoms with van der Waals surface area (Å²) < 4.78 is 53.4. The maximum absolute atomic E-state index is 13.6. The van der Waals surface area contributed by atoms with Gasteiger partial charge in [-0.3, -0.25) is 15.6 Å². The molecule has 3 rings (SSSR count). The molecule has 0 spiro atoms. The van der Waals surface area contributed by atoms with Gasteiger partial charge in [-0.25, -0.2) is 9.37 Å². The van der Waals surface area contributed by atoms with E-state index in [1.165, 1.54) is 25.4 Å². The Morgan fingerprint density at radius 3 is 2.66 bits per heavy atom. The van der Waals surface area contributed by atoms with Crippen LogP contribution in [0.3, 0.4) is 0 Å². The number of H-pyrrole nitrogens is 1. The fourth-order valence-corrected chi connectivity index (χ4v) is 2.63. The van der Waals surface area contributed by atoms with Crippen molar-refractivity contribution in [2.24, 2.45) is 0 Å². The lowest BCUT2D eigenvalue weighted by molar-refractivity contribution is -0.137. The maximum Gasteiger partial charge on any atom is 0.417 e. The van der Waals surface area contributed by atoms with Crippen LogP contribution in [0.25, 0.3) is 22.2 Å². The van der Waals surface area contributed by atoms with Gasteiger partial charge in [-0.15, -0.1) is 0 Å². The number of fused-ring (bicyclic) bond motifs is 1. The first kappa shape index (κ1) is 20.0. The van der Waals surface area contributed by atoms with Crippen LogP contribution in [0.4, 0.5) is 23.4 Å². The first-order chi connectivity index (χ1) is 13.6. The van der Waals surface area contributed by atoms with Gasteiger partial charge in [-0.05, 0) is 24.3 Å². The highest BCUT2D eigenvalue weighted by Crippen LogP contribution is 2.38. The molecule has 0 aliphatic rings. The van der Waals surface area contributed by atoms with Crippen molar-refractivity contribution < 1.29 is 22.4 Å². The number of carbonyl (C=O) groups excluding carboxylic acids is 1. The van der Waals surface area contributed by atoms with Crippen molar-refractivity contribution >= 4 is 34.8 Å². The van der Waals surface area contributed by atoms with Crippen molar-refractivity contribution in [3.8, 4) is 11.3 Å². The molecule has 0 aliphatic heterocycles. The van der Waals surface area contributed by atoms with E-state index >= 15 is 0 Å². The van der Waals surface area contributed by atoms with E-state index in [4.69, 9.17) is 10.8 Å². The number of nitrogens with zero attached hydrogens (tertiary/aromatic N) is 2. The summed E-state index contributed by atoms with van der Waals surface area (Å²) in [7, 11) is 1.35. The van der Waals surface area contributed by atoms with Crippen LogP contribution in [0, 0.1) is 16.6 Å². The van der Waals surface area contributed by atoms with Gasteiger partial charge in [0.2, 0.25) is 0 Å². The summed E-state index contributed by atoms with van der Waals surface area (Å²) in [6.07, 6.45) is -2.56. The van der Waals surface area contributed by atoms with Gasteiger partial charge in [0.1, 0.15) is 11.6 Å². The Morgan fingerprint density at radius 2 is 2.00 bits per heavy atom. The average Bonchev–Trinajstić information content (AvgIpc) is 3.09. The third-order valence-electron chi connectivity index (χ3n) is 4.08. The summed E-state index contributed by atoms with van der Waals surface area (Å²) in [6, 6.07) is 4.97. The van der Waals surface area contributed by atoms with Crippen molar-refractivity contribution in [2.75, 3.05) is 12.4 Å². The zero-order valence-corrected chi connectivity index (χ0v) is 14.9. The first-order valence-electron chi connectivity index (χ1n) is 8.09. The lowest BCUT2D eigenvalue weighted by Gasteiger charge is -2.12. The molecule has 7 nitrogen and oxygen atoms in total. The molecule has 4 N–H and O–H groups in total. The molecule has 3 aromatic rings. The molecule has 11 heteroatoms.